The molecule has 2 aromatic heterocycles. The average Bonchev–Trinajstić information content (AvgIpc) is 3.45. The van der Waals surface area contributed by atoms with Crippen molar-refractivity contribution in [2.45, 2.75) is 6.54 Å². The van der Waals surface area contributed by atoms with Crippen molar-refractivity contribution in [3.8, 4) is 34.3 Å². The van der Waals surface area contributed by atoms with Gasteiger partial charge in [0.2, 0.25) is 5.75 Å². The molecule has 4 rings (SSSR count). The van der Waals surface area contributed by atoms with Crippen LogP contribution in [0.2, 0.25) is 0 Å². The highest BCUT2D eigenvalue weighted by Gasteiger charge is 2.26. The van der Waals surface area contributed by atoms with E-state index in [0.29, 0.717) is 57.2 Å². The summed E-state index contributed by atoms with van der Waals surface area (Å²) in [5, 5.41) is 15.0. The number of carbonyl (C=O) groups is 1. The van der Waals surface area contributed by atoms with Crippen molar-refractivity contribution in [3.63, 3.8) is 0 Å². The van der Waals surface area contributed by atoms with Gasteiger partial charge >= 0.3 is 0 Å². The molecule has 2 heterocycles. The van der Waals surface area contributed by atoms with Gasteiger partial charge in [-0.15, -0.1) is 0 Å². The molecular formula is C25H27N3O6. The van der Waals surface area contributed by atoms with Crippen molar-refractivity contribution < 1.29 is 28.5 Å². The van der Waals surface area contributed by atoms with Crippen LogP contribution >= 0.6 is 0 Å². The first kappa shape index (κ1) is 23.2. The molecule has 0 saturated heterocycles. The lowest BCUT2D eigenvalue weighted by Gasteiger charge is -2.13. The van der Waals surface area contributed by atoms with Crippen molar-refractivity contribution in [2.24, 2.45) is 0 Å². The lowest BCUT2D eigenvalue weighted by Crippen LogP contribution is -2.18. The molecule has 9 heteroatoms. The van der Waals surface area contributed by atoms with E-state index in [9.17, 15) is 9.90 Å². The number of aromatic nitrogens is 2. The van der Waals surface area contributed by atoms with Gasteiger partial charge in [0.15, 0.2) is 17.3 Å². The Hall–Kier alpha value is -3.98. The van der Waals surface area contributed by atoms with Gasteiger partial charge in [0.1, 0.15) is 17.1 Å². The number of carbonyl (C=O) groups excluding carboxylic acids is 1. The van der Waals surface area contributed by atoms with Gasteiger partial charge in [-0.05, 0) is 38.4 Å². The van der Waals surface area contributed by atoms with Crippen molar-refractivity contribution in [1.29, 1.82) is 0 Å². The Labute approximate surface area is 197 Å². The van der Waals surface area contributed by atoms with Crippen LogP contribution in [-0.2, 0) is 6.54 Å². The molecular weight excluding hydrogens is 438 g/mol. The maximum Gasteiger partial charge on any atom is 0.203 e. The predicted octanol–water partition coefficient (Wildman–Crippen LogP) is 3.82. The van der Waals surface area contributed by atoms with E-state index in [1.54, 1.807) is 29.1 Å². The molecule has 1 N–H and O–H groups in total. The molecule has 0 amide bonds. The van der Waals surface area contributed by atoms with Gasteiger partial charge in [-0.25, -0.2) is 0 Å². The quantitative estimate of drug-likeness (QED) is 0.373. The predicted molar refractivity (Wildman–Crippen MR) is 127 cm³/mol. The van der Waals surface area contributed by atoms with Crippen LogP contribution in [0.25, 0.3) is 22.3 Å². The third kappa shape index (κ3) is 4.29. The van der Waals surface area contributed by atoms with Crippen LogP contribution in [-0.4, -0.2) is 67.5 Å². The van der Waals surface area contributed by atoms with E-state index < -0.39 is 0 Å². The van der Waals surface area contributed by atoms with Crippen molar-refractivity contribution >= 4 is 16.8 Å². The molecule has 0 fully saturated rings. The second-order valence-electron chi connectivity index (χ2n) is 8.03. The Morgan fingerprint density at radius 2 is 1.79 bits per heavy atom. The molecule has 0 aliphatic rings. The molecule has 4 aromatic rings. The molecule has 0 radical (unpaired) electrons. The van der Waals surface area contributed by atoms with Crippen LogP contribution in [0.5, 0.6) is 23.0 Å². The maximum absolute atomic E-state index is 13.8. The number of fused-ring (bicyclic) bond motifs is 1. The standard InChI is InChI=1S/C25H27N3O6/c1-27(2)8-9-28-14-16(13-26-28)24-22(18-7-6-17(29)12-19(18)34-24)23(30)15-10-20(31-3)25(33-5)21(11-15)32-4/h6-7,10-14,29H,8-9H2,1-5H3. The SMILES string of the molecule is COc1cc(C(=O)c2c(-c3cnn(CCN(C)C)c3)oc3cc(O)ccc23)cc(OC)c1OC. The summed E-state index contributed by atoms with van der Waals surface area (Å²) in [4.78, 5) is 15.9. The summed E-state index contributed by atoms with van der Waals surface area (Å²) < 4.78 is 24.1. The van der Waals surface area contributed by atoms with Gasteiger partial charge in [-0.1, -0.05) is 0 Å². The number of methoxy groups -OCH3 is 3. The van der Waals surface area contributed by atoms with Crippen LogP contribution in [0, 0.1) is 0 Å². The normalized spacial score (nSPS) is 11.2. The van der Waals surface area contributed by atoms with E-state index in [-0.39, 0.29) is 11.5 Å². The van der Waals surface area contributed by atoms with Crippen LogP contribution in [0.1, 0.15) is 15.9 Å². The van der Waals surface area contributed by atoms with Gasteiger partial charge in [-0.2, -0.15) is 5.10 Å². The zero-order chi connectivity index (χ0) is 24.4. The second kappa shape index (κ2) is 9.48. The largest absolute Gasteiger partial charge is 0.508 e. The van der Waals surface area contributed by atoms with Gasteiger partial charge in [0.05, 0.1) is 45.2 Å². The first-order valence-corrected chi connectivity index (χ1v) is 10.6. The summed E-state index contributed by atoms with van der Waals surface area (Å²) in [6.07, 6.45) is 3.51. The molecule has 0 atom stereocenters. The minimum Gasteiger partial charge on any atom is -0.508 e. The fourth-order valence-electron chi connectivity index (χ4n) is 3.78. The number of benzene rings is 2. The summed E-state index contributed by atoms with van der Waals surface area (Å²) in [7, 11) is 8.48. The van der Waals surface area contributed by atoms with E-state index in [0.717, 1.165) is 6.54 Å². The first-order valence-electron chi connectivity index (χ1n) is 10.6. The van der Waals surface area contributed by atoms with Crippen LogP contribution in [0.4, 0.5) is 0 Å². The van der Waals surface area contributed by atoms with Gasteiger partial charge in [0.25, 0.3) is 0 Å². The fraction of sp³-hybridized carbons (Fsp3) is 0.280. The number of rotatable bonds is 9. The Balaban J connectivity index is 1.86. The Morgan fingerprint density at radius 3 is 2.41 bits per heavy atom. The smallest absolute Gasteiger partial charge is 0.203 e. The number of phenolic OH excluding ortho intramolecular Hbond substituents is 1. The Bertz CT molecular complexity index is 1310. The number of hydrogen-bond acceptors (Lipinski definition) is 8. The number of aromatic hydroxyl groups is 1. The first-order chi connectivity index (χ1) is 16.4. The molecule has 9 nitrogen and oxygen atoms in total. The average molecular weight is 466 g/mol. The topological polar surface area (TPSA) is 99.2 Å². The summed E-state index contributed by atoms with van der Waals surface area (Å²) in [5.74, 6) is 1.25. The number of phenols is 1. The number of furan rings is 1. The summed E-state index contributed by atoms with van der Waals surface area (Å²) >= 11 is 0. The van der Waals surface area contributed by atoms with E-state index in [1.165, 1.54) is 33.5 Å². The molecule has 2 aromatic carbocycles. The highest BCUT2D eigenvalue weighted by atomic mass is 16.5. The summed E-state index contributed by atoms with van der Waals surface area (Å²) in [5.41, 5.74) is 1.75. The van der Waals surface area contributed by atoms with E-state index in [2.05, 4.69) is 10.00 Å². The lowest BCUT2D eigenvalue weighted by molar-refractivity contribution is 0.103. The van der Waals surface area contributed by atoms with Crippen LogP contribution in [0.15, 0.2) is 47.1 Å². The second-order valence-corrected chi connectivity index (χ2v) is 8.03. The van der Waals surface area contributed by atoms with Crippen molar-refractivity contribution in [3.05, 3.63) is 53.9 Å². The van der Waals surface area contributed by atoms with Crippen molar-refractivity contribution in [1.82, 2.24) is 14.7 Å². The molecule has 0 aliphatic carbocycles. The van der Waals surface area contributed by atoms with Gasteiger partial charge in [0, 0.05) is 29.8 Å². The fourth-order valence-corrected chi connectivity index (χ4v) is 3.78. The maximum atomic E-state index is 13.8. The monoisotopic (exact) mass is 465 g/mol. The third-order valence-corrected chi connectivity index (χ3v) is 5.50. The summed E-state index contributed by atoms with van der Waals surface area (Å²) in [6, 6.07) is 7.88. The zero-order valence-electron chi connectivity index (χ0n) is 19.8. The highest BCUT2D eigenvalue weighted by molar-refractivity contribution is 6.20. The number of likely N-dealkylation sites (N-methyl/N-ethyl adjacent to an activating group) is 1. The number of hydrogen-bond donors (Lipinski definition) is 1. The van der Waals surface area contributed by atoms with Gasteiger partial charge < -0.3 is 28.6 Å². The van der Waals surface area contributed by atoms with Crippen LogP contribution < -0.4 is 14.2 Å². The van der Waals surface area contributed by atoms with E-state index in [4.69, 9.17) is 18.6 Å². The molecule has 34 heavy (non-hydrogen) atoms. The molecule has 0 aliphatic heterocycles. The van der Waals surface area contributed by atoms with Crippen LogP contribution in [0.3, 0.4) is 0 Å². The van der Waals surface area contributed by atoms with Crippen molar-refractivity contribution in [2.75, 3.05) is 42.0 Å². The lowest BCUT2D eigenvalue weighted by atomic mass is 9.97. The number of ketones is 1. The molecule has 0 bridgehead atoms. The molecule has 0 spiro atoms. The minimum absolute atomic E-state index is 0.0428. The zero-order valence-corrected chi connectivity index (χ0v) is 19.8. The number of nitrogens with zero attached hydrogens (tertiary/aromatic N) is 3. The molecule has 0 saturated carbocycles. The minimum atomic E-state index is -0.292. The molecule has 0 unspecified atom stereocenters. The van der Waals surface area contributed by atoms with E-state index in [1.807, 2.05) is 20.3 Å². The van der Waals surface area contributed by atoms with E-state index >= 15 is 0 Å². The Morgan fingerprint density at radius 1 is 1.09 bits per heavy atom. The number of ether oxygens (including phenoxy) is 3. The molecule has 178 valence electrons. The highest BCUT2D eigenvalue weighted by Crippen LogP contribution is 2.41. The third-order valence-electron chi connectivity index (χ3n) is 5.50. The Kier molecular flexibility index (Phi) is 6.47. The summed E-state index contributed by atoms with van der Waals surface area (Å²) in [6.45, 7) is 1.50. The van der Waals surface area contributed by atoms with Gasteiger partial charge in [-0.3, -0.25) is 9.48 Å².